The quantitative estimate of drug-likeness (QED) is 0.860. The van der Waals surface area contributed by atoms with Gasteiger partial charge in [-0.25, -0.2) is 0 Å². The zero-order valence-electron chi connectivity index (χ0n) is 11.0. The summed E-state index contributed by atoms with van der Waals surface area (Å²) in [5.74, 6) is -0.0162. The molecule has 0 fully saturated rings. The van der Waals surface area contributed by atoms with E-state index in [0.717, 1.165) is 11.3 Å². The molecule has 0 heterocycles. The first-order valence-electron chi connectivity index (χ1n) is 6.36. The first kappa shape index (κ1) is 13.3. The number of amides is 1. The van der Waals surface area contributed by atoms with E-state index in [1.165, 1.54) is 0 Å². The predicted octanol–water partition coefficient (Wildman–Crippen LogP) is 2.46. The van der Waals surface area contributed by atoms with Crippen LogP contribution in [-0.2, 0) is 11.2 Å². The number of likely N-dealkylation sites (N-methyl/N-ethyl adjacent to an activating group) is 1. The van der Waals surface area contributed by atoms with Gasteiger partial charge in [0.2, 0.25) is 5.91 Å². The van der Waals surface area contributed by atoms with E-state index < -0.39 is 0 Å². The molecule has 0 bridgehead atoms. The molecule has 1 amide bonds. The van der Waals surface area contributed by atoms with Gasteiger partial charge in [0.15, 0.2) is 0 Å². The lowest BCUT2D eigenvalue weighted by Crippen LogP contribution is -2.40. The number of para-hydroxylation sites is 1. The zero-order chi connectivity index (χ0) is 13.5. The van der Waals surface area contributed by atoms with Gasteiger partial charge in [0.1, 0.15) is 0 Å². The van der Waals surface area contributed by atoms with Crippen LogP contribution in [0.3, 0.4) is 0 Å². The van der Waals surface area contributed by atoms with E-state index in [-0.39, 0.29) is 11.9 Å². The maximum absolute atomic E-state index is 12.2. The summed E-state index contributed by atoms with van der Waals surface area (Å²) < 4.78 is 0. The highest BCUT2D eigenvalue weighted by molar-refractivity contribution is 5.94. The summed E-state index contributed by atoms with van der Waals surface area (Å²) in [5, 5.41) is 5.97. The molecule has 0 saturated carbocycles. The number of carbonyl (C=O) groups excluding carboxylic acids is 1. The topological polar surface area (TPSA) is 41.1 Å². The molecule has 2 aromatic rings. The van der Waals surface area contributed by atoms with Crippen molar-refractivity contribution >= 4 is 11.6 Å². The van der Waals surface area contributed by atoms with Gasteiger partial charge < -0.3 is 10.6 Å². The average molecular weight is 254 g/mol. The minimum absolute atomic E-state index is 0.0162. The van der Waals surface area contributed by atoms with Crippen LogP contribution in [0.1, 0.15) is 5.56 Å². The minimum atomic E-state index is -0.234. The van der Waals surface area contributed by atoms with Crippen LogP contribution < -0.4 is 10.6 Å². The largest absolute Gasteiger partial charge is 0.325 e. The van der Waals surface area contributed by atoms with E-state index in [4.69, 9.17) is 0 Å². The molecule has 3 heteroatoms. The van der Waals surface area contributed by atoms with Crippen LogP contribution in [0.5, 0.6) is 0 Å². The van der Waals surface area contributed by atoms with Crippen molar-refractivity contribution in [2.45, 2.75) is 12.5 Å². The van der Waals surface area contributed by atoms with Gasteiger partial charge >= 0.3 is 0 Å². The molecule has 19 heavy (non-hydrogen) atoms. The Balaban J connectivity index is 2.00. The Labute approximate surface area is 113 Å². The van der Waals surface area contributed by atoms with Crippen molar-refractivity contribution in [1.29, 1.82) is 0 Å². The molecule has 0 aliphatic rings. The summed E-state index contributed by atoms with van der Waals surface area (Å²) in [6.45, 7) is 0. The Hall–Kier alpha value is -2.13. The van der Waals surface area contributed by atoms with E-state index in [2.05, 4.69) is 10.6 Å². The lowest BCUT2D eigenvalue weighted by Gasteiger charge is -2.16. The van der Waals surface area contributed by atoms with Crippen LogP contribution in [0.25, 0.3) is 0 Å². The van der Waals surface area contributed by atoms with Crippen molar-refractivity contribution in [2.75, 3.05) is 12.4 Å². The third-order valence-corrected chi connectivity index (χ3v) is 2.99. The maximum atomic E-state index is 12.2. The standard InChI is InChI=1S/C16H18N2O/c1-17-15(12-13-8-4-2-5-9-13)16(19)18-14-10-6-3-7-11-14/h2-11,15,17H,12H2,1H3,(H,18,19)/t15-/m0/s1. The number of hydrogen-bond acceptors (Lipinski definition) is 2. The van der Waals surface area contributed by atoms with Gasteiger partial charge in [0.25, 0.3) is 0 Å². The smallest absolute Gasteiger partial charge is 0.241 e. The van der Waals surface area contributed by atoms with Crippen molar-refractivity contribution in [3.8, 4) is 0 Å². The number of anilines is 1. The van der Waals surface area contributed by atoms with Gasteiger partial charge in [-0.3, -0.25) is 4.79 Å². The zero-order valence-corrected chi connectivity index (χ0v) is 11.0. The Morgan fingerprint density at radius 1 is 1.00 bits per heavy atom. The minimum Gasteiger partial charge on any atom is -0.325 e. The first-order chi connectivity index (χ1) is 9.29. The predicted molar refractivity (Wildman–Crippen MR) is 78.1 cm³/mol. The molecular weight excluding hydrogens is 236 g/mol. The van der Waals surface area contributed by atoms with Crippen LogP contribution >= 0.6 is 0 Å². The van der Waals surface area contributed by atoms with E-state index >= 15 is 0 Å². The van der Waals surface area contributed by atoms with Gasteiger partial charge in [-0.1, -0.05) is 48.5 Å². The summed E-state index contributed by atoms with van der Waals surface area (Å²) in [5.41, 5.74) is 1.96. The molecular formula is C16H18N2O. The number of hydrogen-bond donors (Lipinski definition) is 2. The van der Waals surface area contributed by atoms with E-state index in [1.807, 2.05) is 60.7 Å². The Bertz CT molecular complexity index is 511. The van der Waals surface area contributed by atoms with Crippen molar-refractivity contribution in [3.05, 3.63) is 66.2 Å². The fourth-order valence-electron chi connectivity index (χ4n) is 1.93. The second-order valence-corrected chi connectivity index (χ2v) is 4.39. The lowest BCUT2D eigenvalue weighted by molar-refractivity contribution is -0.118. The average Bonchev–Trinajstić information content (AvgIpc) is 2.47. The van der Waals surface area contributed by atoms with E-state index in [1.54, 1.807) is 7.05 Å². The van der Waals surface area contributed by atoms with Crippen molar-refractivity contribution in [1.82, 2.24) is 5.32 Å². The molecule has 1 atom stereocenters. The number of benzene rings is 2. The normalized spacial score (nSPS) is 11.8. The van der Waals surface area contributed by atoms with Crippen molar-refractivity contribution in [3.63, 3.8) is 0 Å². The number of nitrogens with one attached hydrogen (secondary N) is 2. The fourth-order valence-corrected chi connectivity index (χ4v) is 1.93. The van der Waals surface area contributed by atoms with E-state index in [9.17, 15) is 4.79 Å². The SMILES string of the molecule is CN[C@@H](Cc1ccccc1)C(=O)Nc1ccccc1. The number of rotatable bonds is 5. The van der Waals surface area contributed by atoms with Crippen LogP contribution in [0.15, 0.2) is 60.7 Å². The molecule has 0 aliphatic heterocycles. The second-order valence-electron chi connectivity index (χ2n) is 4.39. The molecule has 98 valence electrons. The highest BCUT2D eigenvalue weighted by atomic mass is 16.2. The summed E-state index contributed by atoms with van der Waals surface area (Å²) in [4.78, 5) is 12.2. The molecule has 2 aromatic carbocycles. The molecule has 2 rings (SSSR count). The van der Waals surface area contributed by atoms with Gasteiger partial charge in [0, 0.05) is 5.69 Å². The summed E-state index contributed by atoms with van der Waals surface area (Å²) in [7, 11) is 1.80. The highest BCUT2D eigenvalue weighted by Crippen LogP contribution is 2.08. The Morgan fingerprint density at radius 3 is 2.16 bits per heavy atom. The van der Waals surface area contributed by atoms with Gasteiger partial charge in [-0.2, -0.15) is 0 Å². The van der Waals surface area contributed by atoms with Crippen LogP contribution in [0.4, 0.5) is 5.69 Å². The van der Waals surface area contributed by atoms with Gasteiger partial charge in [-0.05, 0) is 31.2 Å². The summed E-state index contributed by atoms with van der Waals surface area (Å²) >= 11 is 0. The summed E-state index contributed by atoms with van der Waals surface area (Å²) in [6.07, 6.45) is 0.677. The third kappa shape index (κ3) is 3.93. The van der Waals surface area contributed by atoms with Crippen molar-refractivity contribution in [2.24, 2.45) is 0 Å². The number of carbonyl (C=O) groups is 1. The molecule has 0 saturated heterocycles. The van der Waals surface area contributed by atoms with Crippen LogP contribution in [-0.4, -0.2) is 19.0 Å². The molecule has 0 aromatic heterocycles. The molecule has 0 unspecified atom stereocenters. The fraction of sp³-hybridized carbons (Fsp3) is 0.188. The van der Waals surface area contributed by atoms with Gasteiger partial charge in [-0.15, -0.1) is 0 Å². The third-order valence-electron chi connectivity index (χ3n) is 2.99. The monoisotopic (exact) mass is 254 g/mol. The lowest BCUT2D eigenvalue weighted by atomic mass is 10.1. The van der Waals surface area contributed by atoms with Crippen molar-refractivity contribution < 1.29 is 4.79 Å². The summed E-state index contributed by atoms with van der Waals surface area (Å²) in [6, 6.07) is 19.3. The Morgan fingerprint density at radius 2 is 1.58 bits per heavy atom. The molecule has 0 radical (unpaired) electrons. The molecule has 0 aliphatic carbocycles. The van der Waals surface area contributed by atoms with Crippen LogP contribution in [0.2, 0.25) is 0 Å². The maximum Gasteiger partial charge on any atom is 0.241 e. The van der Waals surface area contributed by atoms with Gasteiger partial charge in [0.05, 0.1) is 6.04 Å². The highest BCUT2D eigenvalue weighted by Gasteiger charge is 2.16. The first-order valence-corrected chi connectivity index (χ1v) is 6.36. The Kier molecular flexibility index (Phi) is 4.70. The molecule has 2 N–H and O–H groups in total. The molecule has 3 nitrogen and oxygen atoms in total. The van der Waals surface area contributed by atoms with E-state index in [0.29, 0.717) is 6.42 Å². The molecule has 0 spiro atoms. The second kappa shape index (κ2) is 6.71. The van der Waals surface area contributed by atoms with Crippen LogP contribution in [0, 0.1) is 0 Å².